The first-order valence-corrected chi connectivity index (χ1v) is 4.75. The van der Waals surface area contributed by atoms with E-state index in [1.54, 1.807) is 18.0 Å². The van der Waals surface area contributed by atoms with Crippen LogP contribution < -0.4 is 0 Å². The fourth-order valence-electron chi connectivity index (χ4n) is 1.03. The van der Waals surface area contributed by atoms with Gasteiger partial charge >= 0.3 is 0 Å². The molecule has 0 radical (unpaired) electrons. The summed E-state index contributed by atoms with van der Waals surface area (Å²) >= 11 is 1.71. The molecule has 11 heavy (non-hydrogen) atoms. The van der Waals surface area contributed by atoms with Gasteiger partial charge in [-0.2, -0.15) is 0 Å². The normalized spacial score (nSPS) is 27.4. The van der Waals surface area contributed by atoms with Crippen LogP contribution in [0.3, 0.4) is 0 Å². The number of hydrogen-bond acceptors (Lipinski definition) is 2. The van der Waals surface area contributed by atoms with Gasteiger partial charge in [0.25, 0.3) is 0 Å². The summed E-state index contributed by atoms with van der Waals surface area (Å²) in [4.78, 5) is 4.17. The molecule has 0 N–H and O–H groups in total. The van der Waals surface area contributed by atoms with Gasteiger partial charge in [0.15, 0.2) is 0 Å². The summed E-state index contributed by atoms with van der Waals surface area (Å²) in [6.07, 6.45) is 6.16. The van der Waals surface area contributed by atoms with Crippen LogP contribution in [0.2, 0.25) is 0 Å². The van der Waals surface area contributed by atoms with Crippen LogP contribution in [-0.4, -0.2) is 5.04 Å². The zero-order chi connectivity index (χ0) is 8.10. The zero-order valence-electron chi connectivity index (χ0n) is 6.79. The maximum absolute atomic E-state index is 4.17. The SMILES string of the molecule is C=CN=C1CC(CC)C=CS1. The Morgan fingerprint density at radius 2 is 2.73 bits per heavy atom. The lowest BCUT2D eigenvalue weighted by atomic mass is 10.0. The number of aliphatic imine (C=N–C) groups is 1. The van der Waals surface area contributed by atoms with Crippen molar-refractivity contribution in [3.63, 3.8) is 0 Å². The number of nitrogens with zero attached hydrogens (tertiary/aromatic N) is 1. The minimum atomic E-state index is 0.690. The van der Waals surface area contributed by atoms with Crippen molar-refractivity contribution >= 4 is 16.8 Å². The summed E-state index contributed by atoms with van der Waals surface area (Å²) in [5.41, 5.74) is 0. The fraction of sp³-hybridized carbons (Fsp3) is 0.444. The van der Waals surface area contributed by atoms with Crippen LogP contribution in [0, 0.1) is 5.92 Å². The smallest absolute Gasteiger partial charge is 0.0778 e. The summed E-state index contributed by atoms with van der Waals surface area (Å²) < 4.78 is 0. The van der Waals surface area contributed by atoms with Gasteiger partial charge in [-0.15, -0.1) is 0 Å². The Kier molecular flexibility index (Phi) is 3.43. The van der Waals surface area contributed by atoms with E-state index in [0.29, 0.717) is 5.92 Å². The molecule has 0 spiro atoms. The molecule has 0 aromatic carbocycles. The van der Waals surface area contributed by atoms with Crippen molar-refractivity contribution in [1.82, 2.24) is 0 Å². The third-order valence-electron chi connectivity index (χ3n) is 1.75. The van der Waals surface area contributed by atoms with Crippen molar-refractivity contribution in [1.29, 1.82) is 0 Å². The Labute approximate surface area is 72.3 Å². The molecule has 1 unspecified atom stereocenters. The van der Waals surface area contributed by atoms with Gasteiger partial charge in [0.2, 0.25) is 0 Å². The lowest BCUT2D eigenvalue weighted by Crippen LogP contribution is -2.05. The molecule has 0 bridgehead atoms. The zero-order valence-corrected chi connectivity index (χ0v) is 7.60. The lowest BCUT2D eigenvalue weighted by molar-refractivity contribution is 0.658. The largest absolute Gasteiger partial charge is 0.255 e. The molecule has 0 aromatic rings. The van der Waals surface area contributed by atoms with Gasteiger partial charge in [-0.1, -0.05) is 31.3 Å². The summed E-state index contributed by atoms with van der Waals surface area (Å²) in [6, 6.07) is 0. The van der Waals surface area contributed by atoms with E-state index in [1.165, 1.54) is 11.5 Å². The van der Waals surface area contributed by atoms with Crippen LogP contribution in [0.5, 0.6) is 0 Å². The highest BCUT2D eigenvalue weighted by molar-refractivity contribution is 8.16. The quantitative estimate of drug-likeness (QED) is 0.615. The molecule has 0 saturated carbocycles. The third kappa shape index (κ3) is 2.54. The molecule has 1 rings (SSSR count). The van der Waals surface area contributed by atoms with E-state index >= 15 is 0 Å². The Hall–Kier alpha value is -0.500. The average Bonchev–Trinajstić information content (AvgIpc) is 2.06. The fourth-order valence-corrected chi connectivity index (χ4v) is 1.94. The molecule has 1 heterocycles. The summed E-state index contributed by atoms with van der Waals surface area (Å²) in [5, 5.41) is 3.31. The van der Waals surface area contributed by atoms with E-state index in [9.17, 15) is 0 Å². The topological polar surface area (TPSA) is 12.4 Å². The maximum Gasteiger partial charge on any atom is 0.0778 e. The monoisotopic (exact) mass is 167 g/mol. The molecule has 0 amide bonds. The van der Waals surface area contributed by atoms with Gasteiger partial charge in [-0.05, 0) is 17.7 Å². The first-order valence-electron chi connectivity index (χ1n) is 3.87. The van der Waals surface area contributed by atoms with Crippen LogP contribution in [0.25, 0.3) is 0 Å². The number of allylic oxidation sites excluding steroid dienone is 1. The average molecular weight is 167 g/mol. The first-order chi connectivity index (χ1) is 5.36. The van der Waals surface area contributed by atoms with E-state index in [1.807, 2.05) is 0 Å². The lowest BCUT2D eigenvalue weighted by Gasteiger charge is -2.14. The van der Waals surface area contributed by atoms with E-state index < -0.39 is 0 Å². The molecule has 1 atom stereocenters. The molecule has 0 aliphatic carbocycles. The van der Waals surface area contributed by atoms with Crippen LogP contribution in [0.15, 0.2) is 29.3 Å². The third-order valence-corrected chi connectivity index (χ3v) is 2.59. The summed E-state index contributed by atoms with van der Waals surface area (Å²) in [7, 11) is 0. The molecular formula is C9H13NS. The molecule has 1 nitrogen and oxygen atoms in total. The van der Waals surface area contributed by atoms with Crippen LogP contribution in [0.4, 0.5) is 0 Å². The second-order valence-corrected chi connectivity index (χ2v) is 3.50. The van der Waals surface area contributed by atoms with Gasteiger partial charge < -0.3 is 0 Å². The van der Waals surface area contributed by atoms with Crippen LogP contribution in [-0.2, 0) is 0 Å². The molecule has 0 aromatic heterocycles. The van der Waals surface area contributed by atoms with Crippen molar-refractivity contribution in [2.24, 2.45) is 10.9 Å². The second kappa shape index (κ2) is 4.39. The highest BCUT2D eigenvalue weighted by Crippen LogP contribution is 2.24. The van der Waals surface area contributed by atoms with Gasteiger partial charge in [-0.3, -0.25) is 4.99 Å². The Morgan fingerprint density at radius 1 is 1.91 bits per heavy atom. The van der Waals surface area contributed by atoms with Crippen LogP contribution in [0.1, 0.15) is 19.8 Å². The minimum absolute atomic E-state index is 0.690. The van der Waals surface area contributed by atoms with Gasteiger partial charge in [0.1, 0.15) is 0 Å². The number of hydrogen-bond donors (Lipinski definition) is 0. The predicted molar refractivity (Wildman–Crippen MR) is 52.8 cm³/mol. The van der Waals surface area contributed by atoms with E-state index in [2.05, 4.69) is 30.0 Å². The first kappa shape index (κ1) is 8.60. The Bertz CT molecular complexity index is 194. The predicted octanol–water partition coefficient (Wildman–Crippen LogP) is 3.21. The highest BCUT2D eigenvalue weighted by atomic mass is 32.2. The van der Waals surface area contributed by atoms with E-state index in [-0.39, 0.29) is 0 Å². The molecule has 0 fully saturated rings. The van der Waals surface area contributed by atoms with Crippen molar-refractivity contribution in [2.45, 2.75) is 19.8 Å². The number of thioether (sulfide) groups is 1. The van der Waals surface area contributed by atoms with E-state index in [0.717, 1.165) is 6.42 Å². The van der Waals surface area contributed by atoms with Crippen molar-refractivity contribution < 1.29 is 0 Å². The van der Waals surface area contributed by atoms with Gasteiger partial charge in [0.05, 0.1) is 5.04 Å². The molecule has 0 saturated heterocycles. The molecule has 60 valence electrons. The minimum Gasteiger partial charge on any atom is -0.255 e. The number of rotatable bonds is 2. The Balaban J connectivity index is 2.57. The second-order valence-electron chi connectivity index (χ2n) is 2.52. The van der Waals surface area contributed by atoms with Crippen molar-refractivity contribution in [3.8, 4) is 0 Å². The summed E-state index contributed by atoms with van der Waals surface area (Å²) in [6.45, 7) is 5.79. The standard InChI is InChI=1S/C9H13NS/c1-3-8-5-6-11-9(7-8)10-4-2/h4-6,8H,2-3,7H2,1H3. The highest BCUT2D eigenvalue weighted by Gasteiger charge is 2.10. The molecule has 1 aliphatic heterocycles. The maximum atomic E-state index is 4.17. The molecule has 2 heteroatoms. The summed E-state index contributed by atoms with van der Waals surface area (Å²) in [5.74, 6) is 0.690. The van der Waals surface area contributed by atoms with Gasteiger partial charge in [0, 0.05) is 12.6 Å². The Morgan fingerprint density at radius 3 is 3.36 bits per heavy atom. The molecular weight excluding hydrogens is 154 g/mol. The molecule has 1 aliphatic rings. The van der Waals surface area contributed by atoms with Crippen molar-refractivity contribution in [3.05, 3.63) is 24.3 Å². The van der Waals surface area contributed by atoms with Crippen molar-refractivity contribution in [2.75, 3.05) is 0 Å². The van der Waals surface area contributed by atoms with Gasteiger partial charge in [-0.25, -0.2) is 0 Å². The van der Waals surface area contributed by atoms with Crippen LogP contribution >= 0.6 is 11.8 Å². The van der Waals surface area contributed by atoms with E-state index in [4.69, 9.17) is 0 Å².